The van der Waals surface area contributed by atoms with Crippen LogP contribution in [0.1, 0.15) is 17.3 Å². The van der Waals surface area contributed by atoms with Gasteiger partial charge in [0.1, 0.15) is 5.56 Å². The van der Waals surface area contributed by atoms with E-state index < -0.39 is 12.0 Å². The first-order valence-corrected chi connectivity index (χ1v) is 6.43. The van der Waals surface area contributed by atoms with Crippen LogP contribution in [0.3, 0.4) is 0 Å². The predicted octanol–water partition coefficient (Wildman–Crippen LogP) is 2.11. The van der Waals surface area contributed by atoms with Crippen LogP contribution in [0, 0.1) is 0 Å². The van der Waals surface area contributed by atoms with Crippen molar-refractivity contribution in [1.82, 2.24) is 10.2 Å². The largest absolute Gasteiger partial charge is 0.478 e. The summed E-state index contributed by atoms with van der Waals surface area (Å²) in [6.45, 7) is 2.41. The van der Waals surface area contributed by atoms with Gasteiger partial charge in [0.05, 0.1) is 10.7 Å². The molecular formula is C13H18ClN3O3. The van der Waals surface area contributed by atoms with Gasteiger partial charge in [-0.25, -0.2) is 9.59 Å². The molecule has 1 atom stereocenters. The lowest BCUT2D eigenvalue weighted by atomic mass is 10.2. The van der Waals surface area contributed by atoms with Crippen molar-refractivity contribution in [3.63, 3.8) is 0 Å². The number of benzene rings is 1. The summed E-state index contributed by atoms with van der Waals surface area (Å²) in [4.78, 5) is 24.8. The summed E-state index contributed by atoms with van der Waals surface area (Å²) in [6, 6.07) is 4.22. The molecule has 0 fully saturated rings. The predicted molar refractivity (Wildman–Crippen MR) is 78.6 cm³/mol. The number of carbonyl (C=O) groups excluding carboxylic acids is 1. The zero-order valence-electron chi connectivity index (χ0n) is 11.6. The molecule has 20 heavy (non-hydrogen) atoms. The molecule has 0 aliphatic heterocycles. The molecule has 2 amide bonds. The Morgan fingerprint density at radius 1 is 1.40 bits per heavy atom. The van der Waals surface area contributed by atoms with E-state index in [1.165, 1.54) is 12.1 Å². The standard InChI is InChI=1S/C13H18ClN3O3/c1-8(17(2)3)7-15-13(20)16-10-6-4-5-9(14)11(10)12(18)19/h4-6,8H,7H2,1-3H3,(H,18,19)(H2,15,16,20). The SMILES string of the molecule is CC(CNC(=O)Nc1cccc(Cl)c1C(=O)O)N(C)C. The molecule has 0 radical (unpaired) electrons. The number of aromatic carboxylic acids is 1. The first-order chi connectivity index (χ1) is 9.32. The van der Waals surface area contributed by atoms with Crippen molar-refractivity contribution in [3.05, 3.63) is 28.8 Å². The molecule has 0 saturated carbocycles. The molecule has 0 bridgehead atoms. The first-order valence-electron chi connectivity index (χ1n) is 6.06. The molecule has 110 valence electrons. The van der Waals surface area contributed by atoms with E-state index in [4.69, 9.17) is 16.7 Å². The van der Waals surface area contributed by atoms with Crippen LogP contribution in [0.5, 0.6) is 0 Å². The number of nitrogens with zero attached hydrogens (tertiary/aromatic N) is 1. The third-order valence-electron chi connectivity index (χ3n) is 2.92. The number of anilines is 1. The average Bonchev–Trinajstić information content (AvgIpc) is 2.35. The molecule has 7 heteroatoms. The molecule has 0 spiro atoms. The van der Waals surface area contributed by atoms with Gasteiger partial charge in [-0.05, 0) is 33.2 Å². The first kappa shape index (κ1) is 16.3. The maximum Gasteiger partial charge on any atom is 0.339 e. The Hall–Kier alpha value is -1.79. The minimum absolute atomic E-state index is 0.0805. The van der Waals surface area contributed by atoms with Crippen LogP contribution in [0.4, 0.5) is 10.5 Å². The topological polar surface area (TPSA) is 81.7 Å². The highest BCUT2D eigenvalue weighted by molar-refractivity contribution is 6.34. The summed E-state index contributed by atoms with van der Waals surface area (Å²) in [5.41, 5.74) is 0.0463. The van der Waals surface area contributed by atoms with Gasteiger partial charge in [0.15, 0.2) is 0 Å². The van der Waals surface area contributed by atoms with Crippen LogP contribution in [0.25, 0.3) is 0 Å². The Labute approximate surface area is 122 Å². The lowest BCUT2D eigenvalue weighted by Gasteiger charge is -2.20. The van der Waals surface area contributed by atoms with Gasteiger partial charge < -0.3 is 20.6 Å². The molecule has 6 nitrogen and oxygen atoms in total. The maximum absolute atomic E-state index is 11.7. The number of urea groups is 1. The number of carboxylic acid groups (broad SMARTS) is 1. The van der Waals surface area contributed by atoms with E-state index >= 15 is 0 Å². The maximum atomic E-state index is 11.7. The number of likely N-dealkylation sites (N-methyl/N-ethyl adjacent to an activating group) is 1. The van der Waals surface area contributed by atoms with E-state index in [0.717, 1.165) is 0 Å². The minimum Gasteiger partial charge on any atom is -0.478 e. The monoisotopic (exact) mass is 299 g/mol. The van der Waals surface area contributed by atoms with E-state index in [1.54, 1.807) is 6.07 Å². The van der Waals surface area contributed by atoms with Crippen LogP contribution >= 0.6 is 11.6 Å². The Kier molecular flexibility index (Phi) is 5.79. The molecule has 0 heterocycles. The van der Waals surface area contributed by atoms with Gasteiger partial charge in [-0.1, -0.05) is 17.7 Å². The van der Waals surface area contributed by atoms with E-state index in [2.05, 4.69) is 10.6 Å². The molecule has 3 N–H and O–H groups in total. The molecule has 0 aliphatic rings. The lowest BCUT2D eigenvalue weighted by molar-refractivity contribution is 0.0698. The fourth-order valence-electron chi connectivity index (χ4n) is 1.44. The average molecular weight is 300 g/mol. The zero-order valence-corrected chi connectivity index (χ0v) is 12.4. The Balaban J connectivity index is 2.72. The number of nitrogens with one attached hydrogen (secondary N) is 2. The van der Waals surface area contributed by atoms with Gasteiger partial charge in [0.25, 0.3) is 0 Å². The minimum atomic E-state index is -1.19. The van der Waals surface area contributed by atoms with Gasteiger partial charge in [-0.3, -0.25) is 0 Å². The highest BCUT2D eigenvalue weighted by atomic mass is 35.5. The summed E-state index contributed by atoms with van der Waals surface area (Å²) in [5.74, 6) is -1.19. The summed E-state index contributed by atoms with van der Waals surface area (Å²) < 4.78 is 0. The summed E-state index contributed by atoms with van der Waals surface area (Å²) in [5, 5.41) is 14.3. The smallest absolute Gasteiger partial charge is 0.339 e. The number of carboxylic acids is 1. The number of hydrogen-bond acceptors (Lipinski definition) is 3. The second kappa shape index (κ2) is 7.12. The number of hydrogen-bond donors (Lipinski definition) is 3. The molecule has 1 unspecified atom stereocenters. The highest BCUT2D eigenvalue weighted by Crippen LogP contribution is 2.24. The molecule has 0 saturated heterocycles. The molecule has 0 aromatic heterocycles. The summed E-state index contributed by atoms with van der Waals surface area (Å²) >= 11 is 5.82. The van der Waals surface area contributed by atoms with Gasteiger partial charge in [-0.2, -0.15) is 0 Å². The third-order valence-corrected chi connectivity index (χ3v) is 3.23. The number of rotatable bonds is 5. The second-order valence-electron chi connectivity index (χ2n) is 4.62. The van der Waals surface area contributed by atoms with Crippen molar-refractivity contribution >= 4 is 29.3 Å². The van der Waals surface area contributed by atoms with Crippen molar-refractivity contribution in [3.8, 4) is 0 Å². The number of halogens is 1. The summed E-state index contributed by atoms with van der Waals surface area (Å²) in [7, 11) is 3.81. The summed E-state index contributed by atoms with van der Waals surface area (Å²) in [6.07, 6.45) is 0. The van der Waals surface area contributed by atoms with Crippen molar-refractivity contribution in [2.24, 2.45) is 0 Å². The van der Waals surface area contributed by atoms with Crippen LogP contribution in [0.15, 0.2) is 18.2 Å². The van der Waals surface area contributed by atoms with Gasteiger partial charge in [0, 0.05) is 12.6 Å². The normalized spacial score (nSPS) is 12.1. The number of carbonyl (C=O) groups is 2. The van der Waals surface area contributed by atoms with Gasteiger partial charge in [0.2, 0.25) is 0 Å². The lowest BCUT2D eigenvalue weighted by Crippen LogP contribution is -2.40. The molecule has 1 rings (SSSR count). The quantitative estimate of drug-likeness (QED) is 0.778. The van der Waals surface area contributed by atoms with Gasteiger partial charge in [-0.15, -0.1) is 0 Å². The fourth-order valence-corrected chi connectivity index (χ4v) is 1.69. The van der Waals surface area contributed by atoms with Crippen LogP contribution in [-0.2, 0) is 0 Å². The Morgan fingerprint density at radius 3 is 2.60 bits per heavy atom. The van der Waals surface area contributed by atoms with Crippen LogP contribution in [-0.4, -0.2) is 48.7 Å². The molecule has 1 aromatic rings. The zero-order chi connectivity index (χ0) is 15.3. The highest BCUT2D eigenvalue weighted by Gasteiger charge is 2.16. The van der Waals surface area contributed by atoms with Crippen molar-refractivity contribution in [2.45, 2.75) is 13.0 Å². The van der Waals surface area contributed by atoms with E-state index in [9.17, 15) is 9.59 Å². The molecule has 0 aliphatic carbocycles. The van der Waals surface area contributed by atoms with E-state index in [0.29, 0.717) is 6.54 Å². The fraction of sp³-hybridized carbons (Fsp3) is 0.385. The second-order valence-corrected chi connectivity index (χ2v) is 5.02. The van der Waals surface area contributed by atoms with Gasteiger partial charge >= 0.3 is 12.0 Å². The van der Waals surface area contributed by atoms with Crippen LogP contribution < -0.4 is 10.6 Å². The van der Waals surface area contributed by atoms with Crippen molar-refractivity contribution in [2.75, 3.05) is 26.0 Å². The van der Waals surface area contributed by atoms with Crippen molar-refractivity contribution in [1.29, 1.82) is 0 Å². The third kappa shape index (κ3) is 4.40. The van der Waals surface area contributed by atoms with E-state index in [-0.39, 0.29) is 22.3 Å². The number of amides is 2. The van der Waals surface area contributed by atoms with Crippen LogP contribution in [0.2, 0.25) is 5.02 Å². The Morgan fingerprint density at radius 2 is 2.05 bits per heavy atom. The molecule has 1 aromatic carbocycles. The van der Waals surface area contributed by atoms with Crippen molar-refractivity contribution < 1.29 is 14.7 Å². The van der Waals surface area contributed by atoms with E-state index in [1.807, 2.05) is 25.9 Å². The Bertz CT molecular complexity index is 506. The molecular weight excluding hydrogens is 282 g/mol.